The van der Waals surface area contributed by atoms with Gasteiger partial charge in [-0.3, -0.25) is 10.1 Å². The summed E-state index contributed by atoms with van der Waals surface area (Å²) < 4.78 is 37.3. The number of anilines is 1. The lowest BCUT2D eigenvalue weighted by molar-refractivity contribution is -0.117. The lowest BCUT2D eigenvalue weighted by Gasteiger charge is -2.21. The summed E-state index contributed by atoms with van der Waals surface area (Å²) in [6.45, 7) is 6.24. The lowest BCUT2D eigenvalue weighted by atomic mass is 10.1. The highest BCUT2D eigenvalue weighted by Crippen LogP contribution is 2.30. The Morgan fingerprint density at radius 2 is 1.82 bits per heavy atom. The zero-order chi connectivity index (χ0) is 20.7. The third-order valence-corrected chi connectivity index (χ3v) is 4.23. The van der Waals surface area contributed by atoms with Crippen LogP contribution < -0.4 is 20.1 Å². The molecule has 5 nitrogen and oxygen atoms in total. The zero-order valence-corrected chi connectivity index (χ0v) is 16.5. The Kier molecular flexibility index (Phi) is 7.75. The van der Waals surface area contributed by atoms with Crippen LogP contribution in [0.3, 0.4) is 0 Å². The van der Waals surface area contributed by atoms with Gasteiger partial charge in [-0.2, -0.15) is 0 Å². The number of nitrogens with one attached hydrogen (secondary N) is 2. The first kappa shape index (κ1) is 21.6. The Balaban J connectivity index is 2.01. The van der Waals surface area contributed by atoms with Crippen molar-refractivity contribution < 1.29 is 23.0 Å². The van der Waals surface area contributed by atoms with Crippen molar-refractivity contribution in [3.05, 3.63) is 53.6 Å². The van der Waals surface area contributed by atoms with Crippen molar-refractivity contribution >= 4 is 11.6 Å². The van der Waals surface area contributed by atoms with E-state index >= 15 is 0 Å². The topological polar surface area (TPSA) is 59.6 Å². The van der Waals surface area contributed by atoms with Gasteiger partial charge in [-0.05, 0) is 50.1 Å². The van der Waals surface area contributed by atoms with E-state index in [9.17, 15) is 13.6 Å². The molecule has 0 spiro atoms. The van der Waals surface area contributed by atoms with Gasteiger partial charge in [0.25, 0.3) is 0 Å². The van der Waals surface area contributed by atoms with Crippen LogP contribution in [0.1, 0.15) is 38.8 Å². The lowest BCUT2D eigenvalue weighted by Crippen LogP contribution is -2.39. The summed E-state index contributed by atoms with van der Waals surface area (Å²) in [6.07, 6.45) is 0.896. The summed E-state index contributed by atoms with van der Waals surface area (Å²) >= 11 is 0. The van der Waals surface area contributed by atoms with Crippen LogP contribution in [0.4, 0.5) is 14.5 Å². The smallest absolute Gasteiger partial charge is 0.241 e. The third kappa shape index (κ3) is 5.66. The van der Waals surface area contributed by atoms with E-state index in [1.807, 2.05) is 32.0 Å². The van der Waals surface area contributed by atoms with E-state index in [2.05, 4.69) is 10.6 Å². The van der Waals surface area contributed by atoms with Gasteiger partial charge < -0.3 is 14.8 Å². The van der Waals surface area contributed by atoms with Crippen molar-refractivity contribution in [3.8, 4) is 11.5 Å². The molecule has 0 aliphatic rings. The number of halogens is 2. The van der Waals surface area contributed by atoms with Crippen LogP contribution in [0.5, 0.6) is 11.5 Å². The maximum absolute atomic E-state index is 13.3. The minimum atomic E-state index is -1.01. The Morgan fingerprint density at radius 3 is 2.46 bits per heavy atom. The molecule has 28 heavy (non-hydrogen) atoms. The van der Waals surface area contributed by atoms with Crippen molar-refractivity contribution in [2.75, 3.05) is 19.0 Å². The van der Waals surface area contributed by atoms with Gasteiger partial charge in [-0.25, -0.2) is 8.78 Å². The molecule has 0 saturated heterocycles. The van der Waals surface area contributed by atoms with Crippen molar-refractivity contribution in [3.63, 3.8) is 0 Å². The minimum Gasteiger partial charge on any atom is -0.493 e. The van der Waals surface area contributed by atoms with Crippen LogP contribution >= 0.6 is 0 Å². The van der Waals surface area contributed by atoms with Crippen LogP contribution in [-0.2, 0) is 4.79 Å². The Hall–Kier alpha value is -2.67. The quantitative estimate of drug-likeness (QED) is 0.662. The number of hydrogen-bond acceptors (Lipinski definition) is 4. The first-order chi connectivity index (χ1) is 13.3. The fourth-order valence-corrected chi connectivity index (χ4v) is 2.66. The molecule has 2 aromatic rings. The van der Waals surface area contributed by atoms with Gasteiger partial charge in [0.1, 0.15) is 0 Å². The fourth-order valence-electron chi connectivity index (χ4n) is 2.66. The number of carbonyl (C=O) groups excluding carboxylic acids is 1. The van der Waals surface area contributed by atoms with Gasteiger partial charge in [-0.15, -0.1) is 0 Å². The normalized spacial score (nSPS) is 12.9. The fraction of sp³-hybridized carbons (Fsp3) is 0.381. The van der Waals surface area contributed by atoms with Crippen LogP contribution in [0.15, 0.2) is 36.4 Å². The molecule has 1 amide bonds. The predicted octanol–water partition coefficient (Wildman–Crippen LogP) is 4.44. The second-order valence-electron chi connectivity index (χ2n) is 6.49. The maximum atomic E-state index is 13.3. The van der Waals surface area contributed by atoms with Crippen molar-refractivity contribution in [2.24, 2.45) is 0 Å². The molecular weight excluding hydrogens is 366 g/mol. The summed E-state index contributed by atoms with van der Waals surface area (Å²) in [5, 5.41) is 5.75. The number of benzene rings is 2. The van der Waals surface area contributed by atoms with E-state index in [4.69, 9.17) is 9.47 Å². The SMILES string of the molecule is CCCOc1ccc(C(C)NC(C)C(=O)Nc2ccc(F)c(F)c2)cc1OC. The number of methoxy groups -OCH3 is 1. The molecule has 2 aromatic carbocycles. The molecule has 152 valence electrons. The Morgan fingerprint density at radius 1 is 1.07 bits per heavy atom. The molecule has 7 heteroatoms. The Bertz CT molecular complexity index is 814. The number of amides is 1. The molecular formula is C21H26F2N2O3. The van der Waals surface area contributed by atoms with Crippen molar-refractivity contribution in [1.29, 1.82) is 0 Å². The van der Waals surface area contributed by atoms with E-state index in [1.165, 1.54) is 6.07 Å². The highest BCUT2D eigenvalue weighted by atomic mass is 19.2. The molecule has 2 unspecified atom stereocenters. The van der Waals surface area contributed by atoms with Crippen LogP contribution in [0.2, 0.25) is 0 Å². The van der Waals surface area contributed by atoms with Gasteiger partial charge >= 0.3 is 0 Å². The summed E-state index contributed by atoms with van der Waals surface area (Å²) in [7, 11) is 1.58. The zero-order valence-electron chi connectivity index (χ0n) is 16.5. The molecule has 0 saturated carbocycles. The number of hydrogen-bond donors (Lipinski definition) is 2. The van der Waals surface area contributed by atoms with E-state index < -0.39 is 17.7 Å². The summed E-state index contributed by atoms with van der Waals surface area (Å²) in [6, 6.07) is 8.13. The first-order valence-corrected chi connectivity index (χ1v) is 9.18. The number of ether oxygens (including phenoxy) is 2. The van der Waals surface area contributed by atoms with Gasteiger partial charge in [0.2, 0.25) is 5.91 Å². The van der Waals surface area contributed by atoms with Gasteiger partial charge in [0.05, 0.1) is 19.8 Å². The summed E-state index contributed by atoms with van der Waals surface area (Å²) in [5.74, 6) is -1.03. The monoisotopic (exact) mass is 392 g/mol. The molecule has 0 radical (unpaired) electrons. The van der Waals surface area contributed by atoms with Gasteiger partial charge in [-0.1, -0.05) is 13.0 Å². The average Bonchev–Trinajstić information content (AvgIpc) is 2.68. The molecule has 0 bridgehead atoms. The molecule has 2 atom stereocenters. The highest BCUT2D eigenvalue weighted by molar-refractivity contribution is 5.94. The highest BCUT2D eigenvalue weighted by Gasteiger charge is 2.18. The molecule has 0 aliphatic heterocycles. The van der Waals surface area contributed by atoms with E-state index in [-0.39, 0.29) is 17.6 Å². The third-order valence-electron chi connectivity index (χ3n) is 4.23. The minimum absolute atomic E-state index is 0.153. The summed E-state index contributed by atoms with van der Waals surface area (Å²) in [5.41, 5.74) is 1.12. The first-order valence-electron chi connectivity index (χ1n) is 9.18. The van der Waals surface area contributed by atoms with E-state index in [0.29, 0.717) is 18.1 Å². The van der Waals surface area contributed by atoms with Crippen LogP contribution in [0, 0.1) is 11.6 Å². The summed E-state index contributed by atoms with van der Waals surface area (Å²) in [4.78, 5) is 12.3. The van der Waals surface area contributed by atoms with Gasteiger partial charge in [0.15, 0.2) is 23.1 Å². The second kappa shape index (κ2) is 10.0. The predicted molar refractivity (Wildman–Crippen MR) is 105 cm³/mol. The largest absolute Gasteiger partial charge is 0.493 e. The second-order valence-corrected chi connectivity index (χ2v) is 6.49. The number of rotatable bonds is 9. The molecule has 0 fully saturated rings. The van der Waals surface area contributed by atoms with E-state index in [1.54, 1.807) is 14.0 Å². The molecule has 2 N–H and O–H groups in total. The van der Waals surface area contributed by atoms with Crippen LogP contribution in [0.25, 0.3) is 0 Å². The van der Waals surface area contributed by atoms with Crippen molar-refractivity contribution in [1.82, 2.24) is 5.32 Å². The average molecular weight is 392 g/mol. The maximum Gasteiger partial charge on any atom is 0.241 e. The number of carbonyl (C=O) groups is 1. The molecule has 2 rings (SSSR count). The van der Waals surface area contributed by atoms with Crippen molar-refractivity contribution in [2.45, 2.75) is 39.3 Å². The standard InChI is InChI=1S/C21H26F2N2O3/c1-5-10-28-19-9-6-15(11-20(19)27-4)13(2)24-14(3)21(26)25-16-7-8-17(22)18(23)12-16/h6-9,11-14,24H,5,10H2,1-4H3,(H,25,26). The van der Waals surface area contributed by atoms with Gasteiger partial charge in [0, 0.05) is 17.8 Å². The Labute approximate surface area is 164 Å². The molecule has 0 heterocycles. The van der Waals surface area contributed by atoms with Crippen LogP contribution in [-0.4, -0.2) is 25.7 Å². The van der Waals surface area contributed by atoms with E-state index in [0.717, 1.165) is 24.1 Å². The molecule has 0 aromatic heterocycles. The molecule has 0 aliphatic carbocycles.